The quantitative estimate of drug-likeness (QED) is 0.480. The number of anilines is 1. The molecule has 4 aromatic rings. The highest BCUT2D eigenvalue weighted by Crippen LogP contribution is 2.30. The molecule has 0 amide bonds. The number of aromatic nitrogens is 3. The van der Waals surface area contributed by atoms with Crippen molar-refractivity contribution in [3.05, 3.63) is 65.4 Å². The van der Waals surface area contributed by atoms with Crippen LogP contribution in [0.25, 0.3) is 16.9 Å². The normalized spacial score (nSPS) is 11.4. The van der Waals surface area contributed by atoms with Gasteiger partial charge >= 0.3 is 0 Å². The first-order valence-corrected chi connectivity index (χ1v) is 9.25. The van der Waals surface area contributed by atoms with Crippen LogP contribution in [-0.4, -0.2) is 21.7 Å². The van der Waals surface area contributed by atoms with Crippen molar-refractivity contribution in [1.29, 1.82) is 0 Å². The van der Waals surface area contributed by atoms with Gasteiger partial charge in [-0.1, -0.05) is 6.07 Å². The van der Waals surface area contributed by atoms with Crippen LogP contribution in [0.3, 0.4) is 0 Å². The Morgan fingerprint density at radius 2 is 1.62 bits per heavy atom. The molecule has 7 nitrogen and oxygen atoms in total. The summed E-state index contributed by atoms with van der Waals surface area (Å²) in [4.78, 5) is 4.61. The molecule has 146 valence electrons. The lowest BCUT2D eigenvalue weighted by Crippen LogP contribution is -2.02. The lowest BCUT2D eigenvalue weighted by Gasteiger charge is -2.05. The fourth-order valence-electron chi connectivity index (χ4n) is 3.28. The van der Waals surface area contributed by atoms with E-state index in [1.807, 2.05) is 63.2 Å². The minimum Gasteiger partial charge on any atom is -0.497 e. The van der Waals surface area contributed by atoms with E-state index in [1.165, 1.54) is 0 Å². The average molecular weight is 386 g/mol. The lowest BCUT2D eigenvalue weighted by atomic mass is 10.1. The highest BCUT2D eigenvalue weighted by molar-refractivity contribution is 5.70. The van der Waals surface area contributed by atoms with Crippen LogP contribution >= 0.6 is 0 Å². The Labute approximate surface area is 168 Å². The standard InChI is InChI=1S/C22H22N6O/c1-13-9-14(2)11-17(10-13)25-26-21-15(3)24-20-12-19(27-28(20)22(21)23)16-5-7-18(29-4)8-6-16/h5-12H,23H2,1-4H3. The zero-order chi connectivity index (χ0) is 20.5. The highest BCUT2D eigenvalue weighted by Gasteiger charge is 2.14. The predicted molar refractivity (Wildman–Crippen MR) is 114 cm³/mol. The molecule has 0 radical (unpaired) electrons. The van der Waals surface area contributed by atoms with Gasteiger partial charge in [0.15, 0.2) is 11.5 Å². The molecule has 29 heavy (non-hydrogen) atoms. The molecule has 0 unspecified atom stereocenters. The Morgan fingerprint density at radius 3 is 2.28 bits per heavy atom. The van der Waals surface area contributed by atoms with E-state index < -0.39 is 0 Å². The third-order valence-electron chi connectivity index (χ3n) is 4.64. The maximum Gasteiger partial charge on any atom is 0.158 e. The number of nitrogens with two attached hydrogens (primary N) is 1. The molecule has 2 N–H and O–H groups in total. The molecule has 2 aromatic carbocycles. The largest absolute Gasteiger partial charge is 0.497 e. The van der Waals surface area contributed by atoms with Crippen LogP contribution in [0, 0.1) is 20.8 Å². The molecule has 7 heteroatoms. The second kappa shape index (κ2) is 7.35. The fraction of sp³-hybridized carbons (Fsp3) is 0.182. The molecule has 0 saturated heterocycles. The van der Waals surface area contributed by atoms with E-state index >= 15 is 0 Å². The van der Waals surface area contributed by atoms with Gasteiger partial charge in [-0.25, -0.2) is 4.98 Å². The Kier molecular flexibility index (Phi) is 4.72. The first kappa shape index (κ1) is 18.6. The van der Waals surface area contributed by atoms with Gasteiger partial charge in [0, 0.05) is 11.6 Å². The second-order valence-corrected chi connectivity index (χ2v) is 7.01. The Bertz CT molecular complexity index is 1200. The molecule has 4 rings (SSSR count). The molecule has 2 heterocycles. The van der Waals surface area contributed by atoms with E-state index in [0.717, 1.165) is 33.8 Å². The van der Waals surface area contributed by atoms with Crippen LogP contribution in [0.1, 0.15) is 16.8 Å². The summed E-state index contributed by atoms with van der Waals surface area (Å²) in [5.41, 5.74) is 13.0. The molecule has 0 fully saturated rings. The molecule has 0 saturated carbocycles. The molecule has 0 aliphatic carbocycles. The van der Waals surface area contributed by atoms with E-state index in [4.69, 9.17) is 10.5 Å². The molecule has 0 aliphatic heterocycles. The average Bonchev–Trinajstić information content (AvgIpc) is 3.11. The lowest BCUT2D eigenvalue weighted by molar-refractivity contribution is 0.415. The van der Waals surface area contributed by atoms with Gasteiger partial charge in [-0.2, -0.15) is 14.7 Å². The minimum absolute atomic E-state index is 0.403. The zero-order valence-electron chi connectivity index (χ0n) is 16.8. The van der Waals surface area contributed by atoms with Crippen molar-refractivity contribution in [2.24, 2.45) is 10.2 Å². The SMILES string of the molecule is COc1ccc(-c2cc3nc(C)c(N=Nc4cc(C)cc(C)c4)c(N)n3n2)cc1. The maximum absolute atomic E-state index is 6.37. The molecule has 2 aromatic heterocycles. The number of nitrogen functional groups attached to an aromatic ring is 1. The first-order chi connectivity index (χ1) is 13.9. The number of nitrogens with zero attached hydrogens (tertiary/aromatic N) is 5. The van der Waals surface area contributed by atoms with E-state index in [-0.39, 0.29) is 0 Å². The van der Waals surface area contributed by atoms with E-state index in [1.54, 1.807) is 11.6 Å². The monoisotopic (exact) mass is 386 g/mol. The number of aryl methyl sites for hydroxylation is 3. The maximum atomic E-state index is 6.37. The van der Waals surface area contributed by atoms with Crippen molar-refractivity contribution < 1.29 is 4.74 Å². The van der Waals surface area contributed by atoms with E-state index in [2.05, 4.69) is 26.4 Å². The number of rotatable bonds is 4. The topological polar surface area (TPSA) is 90.2 Å². The summed E-state index contributed by atoms with van der Waals surface area (Å²) in [5, 5.41) is 13.3. The summed E-state index contributed by atoms with van der Waals surface area (Å²) in [6.45, 7) is 5.93. The number of methoxy groups -OCH3 is 1. The number of azo groups is 1. The summed E-state index contributed by atoms with van der Waals surface area (Å²) >= 11 is 0. The summed E-state index contributed by atoms with van der Waals surface area (Å²) in [5.74, 6) is 1.19. The third kappa shape index (κ3) is 3.67. The van der Waals surface area contributed by atoms with Crippen molar-refractivity contribution in [1.82, 2.24) is 14.6 Å². The van der Waals surface area contributed by atoms with Crippen molar-refractivity contribution in [3.8, 4) is 17.0 Å². The van der Waals surface area contributed by atoms with Crippen LogP contribution in [0.4, 0.5) is 17.2 Å². The molecule has 0 bridgehead atoms. The Morgan fingerprint density at radius 1 is 0.931 bits per heavy atom. The van der Waals surface area contributed by atoms with Crippen molar-refractivity contribution in [3.63, 3.8) is 0 Å². The zero-order valence-corrected chi connectivity index (χ0v) is 16.8. The summed E-state index contributed by atoms with van der Waals surface area (Å²) < 4.78 is 6.81. The predicted octanol–water partition coefficient (Wildman–Crippen LogP) is 5.33. The molecule has 0 spiro atoms. The number of benzene rings is 2. The van der Waals surface area contributed by atoms with Gasteiger partial charge in [-0.3, -0.25) is 0 Å². The highest BCUT2D eigenvalue weighted by atomic mass is 16.5. The van der Waals surface area contributed by atoms with Crippen LogP contribution < -0.4 is 10.5 Å². The van der Waals surface area contributed by atoms with Gasteiger partial charge in [0.1, 0.15) is 11.4 Å². The summed E-state index contributed by atoms with van der Waals surface area (Å²) in [7, 11) is 1.64. The number of hydrogen-bond acceptors (Lipinski definition) is 6. The fourth-order valence-corrected chi connectivity index (χ4v) is 3.28. The molecule has 0 aliphatic rings. The van der Waals surface area contributed by atoms with Crippen molar-refractivity contribution >= 4 is 22.8 Å². The number of fused-ring (bicyclic) bond motifs is 1. The molecular weight excluding hydrogens is 364 g/mol. The van der Waals surface area contributed by atoms with Gasteiger partial charge in [-0.15, -0.1) is 5.11 Å². The second-order valence-electron chi connectivity index (χ2n) is 7.01. The van der Waals surface area contributed by atoms with Gasteiger partial charge in [0.2, 0.25) is 0 Å². The van der Waals surface area contributed by atoms with Crippen LogP contribution in [-0.2, 0) is 0 Å². The van der Waals surface area contributed by atoms with Crippen LogP contribution in [0.15, 0.2) is 58.8 Å². The van der Waals surface area contributed by atoms with Crippen LogP contribution in [0.5, 0.6) is 5.75 Å². The van der Waals surface area contributed by atoms with Gasteiger partial charge in [0.25, 0.3) is 0 Å². The van der Waals surface area contributed by atoms with Crippen LogP contribution in [0.2, 0.25) is 0 Å². The van der Waals surface area contributed by atoms with Gasteiger partial charge in [0.05, 0.1) is 24.2 Å². The molecular formula is C22H22N6O. The molecule has 0 atom stereocenters. The Hall–Kier alpha value is -3.74. The van der Waals surface area contributed by atoms with Gasteiger partial charge in [-0.05, 0) is 68.3 Å². The van der Waals surface area contributed by atoms with Gasteiger partial charge < -0.3 is 10.5 Å². The Balaban J connectivity index is 1.74. The van der Waals surface area contributed by atoms with Crippen molar-refractivity contribution in [2.75, 3.05) is 12.8 Å². The third-order valence-corrected chi connectivity index (χ3v) is 4.64. The van der Waals surface area contributed by atoms with Crippen molar-refractivity contribution in [2.45, 2.75) is 20.8 Å². The smallest absolute Gasteiger partial charge is 0.158 e. The van der Waals surface area contributed by atoms with E-state index in [0.29, 0.717) is 22.8 Å². The summed E-state index contributed by atoms with van der Waals surface area (Å²) in [6, 6.07) is 15.6. The first-order valence-electron chi connectivity index (χ1n) is 9.25. The number of hydrogen-bond donors (Lipinski definition) is 1. The minimum atomic E-state index is 0.403. The number of ether oxygens (including phenoxy) is 1. The van der Waals surface area contributed by atoms with E-state index in [9.17, 15) is 0 Å². The summed E-state index contributed by atoms with van der Waals surface area (Å²) in [6.07, 6.45) is 0.